The third-order valence-corrected chi connectivity index (χ3v) is 4.99. The van der Waals surface area contributed by atoms with Crippen LogP contribution in [-0.2, 0) is 4.84 Å². The zero-order valence-corrected chi connectivity index (χ0v) is 16.9. The molecule has 2 aromatic rings. The number of hydroxylamine groups is 1. The Morgan fingerprint density at radius 1 is 1.25 bits per heavy atom. The van der Waals surface area contributed by atoms with E-state index in [2.05, 4.69) is 15.6 Å². The first-order valence-electron chi connectivity index (χ1n) is 8.22. The Labute approximate surface area is 172 Å². The van der Waals surface area contributed by atoms with E-state index >= 15 is 0 Å². The first-order valence-corrected chi connectivity index (χ1v) is 9.29. The van der Waals surface area contributed by atoms with Crippen molar-refractivity contribution >= 4 is 39.9 Å². The van der Waals surface area contributed by atoms with E-state index in [4.69, 9.17) is 0 Å². The average Bonchev–Trinajstić information content (AvgIpc) is 2.63. The number of β-amino-alcohol motifs (C(OH)–C–C–N with tert-alkyl or cyclic N) is 1. The molecule has 1 aliphatic rings. The van der Waals surface area contributed by atoms with E-state index in [0.29, 0.717) is 3.57 Å². The summed E-state index contributed by atoms with van der Waals surface area (Å²) in [5.41, 5.74) is 0.604. The van der Waals surface area contributed by atoms with Crippen LogP contribution in [-0.4, -0.2) is 48.3 Å². The Bertz CT molecular complexity index is 907. The molecule has 10 heteroatoms. The van der Waals surface area contributed by atoms with Gasteiger partial charge in [0.2, 0.25) is 0 Å². The molecule has 6 nitrogen and oxygen atoms in total. The maximum atomic E-state index is 14.4. The molecule has 150 valence electrons. The summed E-state index contributed by atoms with van der Waals surface area (Å²) in [5, 5.41) is 12.7. The van der Waals surface area contributed by atoms with Gasteiger partial charge in [-0.1, -0.05) is 0 Å². The fraction of sp³-hybridized carbons (Fsp3) is 0.278. The number of carbonyl (C=O) groups is 1. The van der Waals surface area contributed by atoms with E-state index in [0.717, 1.165) is 12.1 Å². The third kappa shape index (κ3) is 4.24. The summed E-state index contributed by atoms with van der Waals surface area (Å²) in [7, 11) is 1.40. The van der Waals surface area contributed by atoms with Crippen molar-refractivity contribution in [1.82, 2.24) is 10.4 Å². The predicted octanol–water partition coefficient (Wildman–Crippen LogP) is 2.79. The molecule has 0 spiro atoms. The zero-order valence-electron chi connectivity index (χ0n) is 14.7. The number of hydrogen-bond acceptors (Lipinski definition) is 5. The number of carbonyl (C=O) groups excluding carboxylic acids is 1. The Morgan fingerprint density at radius 3 is 2.61 bits per heavy atom. The second kappa shape index (κ2) is 8.23. The van der Waals surface area contributed by atoms with Gasteiger partial charge >= 0.3 is 0 Å². The summed E-state index contributed by atoms with van der Waals surface area (Å²) in [5.74, 6) is -3.75. The van der Waals surface area contributed by atoms with E-state index in [1.807, 2.05) is 22.6 Å². The lowest BCUT2D eigenvalue weighted by atomic mass is 9.93. The van der Waals surface area contributed by atoms with Gasteiger partial charge in [0.25, 0.3) is 5.91 Å². The van der Waals surface area contributed by atoms with Crippen molar-refractivity contribution in [2.75, 3.05) is 32.1 Å². The molecule has 1 amide bonds. The summed E-state index contributed by atoms with van der Waals surface area (Å²) >= 11 is 1.92. The summed E-state index contributed by atoms with van der Waals surface area (Å²) < 4.78 is 42.9. The van der Waals surface area contributed by atoms with Crippen molar-refractivity contribution in [2.24, 2.45) is 0 Å². The van der Waals surface area contributed by atoms with Gasteiger partial charge in [-0.3, -0.25) is 4.79 Å². The van der Waals surface area contributed by atoms with Crippen molar-refractivity contribution in [3.8, 4) is 0 Å². The second-order valence-corrected chi connectivity index (χ2v) is 7.69. The predicted molar refractivity (Wildman–Crippen MR) is 105 cm³/mol. The molecule has 0 unspecified atom stereocenters. The molecular weight excluding hydrogens is 490 g/mol. The normalized spacial score (nSPS) is 15.3. The maximum Gasteiger partial charge on any atom is 0.256 e. The van der Waals surface area contributed by atoms with Crippen molar-refractivity contribution in [3.05, 3.63) is 56.9 Å². The topological polar surface area (TPSA) is 73.8 Å². The Balaban J connectivity index is 1.86. The molecule has 1 saturated heterocycles. The van der Waals surface area contributed by atoms with Crippen molar-refractivity contribution in [3.63, 3.8) is 0 Å². The minimum absolute atomic E-state index is 0.0154. The molecule has 1 aliphatic heterocycles. The highest BCUT2D eigenvalue weighted by atomic mass is 127. The number of likely N-dealkylation sites (tertiary alicyclic amines) is 1. The van der Waals surface area contributed by atoms with Crippen molar-refractivity contribution in [2.45, 2.75) is 5.60 Å². The van der Waals surface area contributed by atoms with E-state index in [1.54, 1.807) is 6.07 Å². The van der Waals surface area contributed by atoms with Crippen LogP contribution in [0.3, 0.4) is 0 Å². The smallest absolute Gasteiger partial charge is 0.256 e. The molecule has 0 radical (unpaired) electrons. The van der Waals surface area contributed by atoms with Gasteiger partial charge in [0.15, 0.2) is 11.6 Å². The van der Waals surface area contributed by atoms with E-state index in [-0.39, 0.29) is 30.9 Å². The number of anilines is 2. The first kappa shape index (κ1) is 20.8. The molecule has 0 atom stereocenters. The number of amides is 1. The van der Waals surface area contributed by atoms with Crippen LogP contribution in [0.15, 0.2) is 30.3 Å². The second-order valence-electron chi connectivity index (χ2n) is 6.44. The van der Waals surface area contributed by atoms with E-state index in [9.17, 15) is 23.1 Å². The number of aliphatic hydroxyl groups is 1. The highest BCUT2D eigenvalue weighted by molar-refractivity contribution is 14.1. The molecule has 2 aromatic carbocycles. The van der Waals surface area contributed by atoms with Crippen LogP contribution in [0.25, 0.3) is 0 Å². The fourth-order valence-electron chi connectivity index (χ4n) is 2.87. The van der Waals surface area contributed by atoms with Crippen LogP contribution >= 0.6 is 22.6 Å². The molecule has 3 rings (SSSR count). The summed E-state index contributed by atoms with van der Waals surface area (Å²) in [6.07, 6.45) is 0. The fourth-order valence-corrected chi connectivity index (χ4v) is 3.33. The van der Waals surface area contributed by atoms with Gasteiger partial charge in [0.1, 0.15) is 11.4 Å². The number of benzene rings is 2. The Morgan fingerprint density at radius 2 is 1.96 bits per heavy atom. The monoisotopic (exact) mass is 507 g/mol. The lowest BCUT2D eigenvalue weighted by molar-refractivity contribution is -0.0992. The minimum Gasteiger partial charge on any atom is -0.385 e. The number of rotatable bonds is 6. The van der Waals surface area contributed by atoms with Crippen molar-refractivity contribution < 1.29 is 27.9 Å². The minimum atomic E-state index is -1.29. The van der Waals surface area contributed by atoms with Crippen LogP contribution in [0.4, 0.5) is 24.5 Å². The molecule has 0 aliphatic carbocycles. The molecule has 3 N–H and O–H groups in total. The summed E-state index contributed by atoms with van der Waals surface area (Å²) in [6.45, 7) is 0.0705. The Hall–Kier alpha value is -1.89. The van der Waals surface area contributed by atoms with Gasteiger partial charge < -0.3 is 20.2 Å². The van der Waals surface area contributed by atoms with Gasteiger partial charge in [-0.15, -0.1) is 0 Å². The summed E-state index contributed by atoms with van der Waals surface area (Å²) in [6, 6.07) is 6.13. The molecule has 0 saturated carbocycles. The van der Waals surface area contributed by atoms with Gasteiger partial charge in [-0.2, -0.15) is 5.48 Å². The van der Waals surface area contributed by atoms with Gasteiger partial charge in [0.05, 0.1) is 43.7 Å². The van der Waals surface area contributed by atoms with Crippen LogP contribution in [0, 0.1) is 21.0 Å². The standard InChI is InChI=1S/C18H17F3IN3O3/c1-28-23-7-18(27)8-25(9-18)17(26)11-3-4-12(19)15(21)16(11)24-14-5-2-10(22)6-13(14)20/h2-6,23-24,27H,7-9H2,1H3. The summed E-state index contributed by atoms with van der Waals surface area (Å²) in [4.78, 5) is 18.7. The zero-order chi connectivity index (χ0) is 20.5. The highest BCUT2D eigenvalue weighted by Gasteiger charge is 2.44. The molecule has 1 heterocycles. The lowest BCUT2D eigenvalue weighted by Crippen LogP contribution is -2.67. The number of nitrogens with one attached hydrogen (secondary N) is 2. The number of halogens is 4. The van der Waals surface area contributed by atoms with E-state index < -0.39 is 34.6 Å². The highest BCUT2D eigenvalue weighted by Crippen LogP contribution is 2.31. The Kier molecular flexibility index (Phi) is 6.12. The van der Waals surface area contributed by atoms with Crippen LogP contribution in [0.5, 0.6) is 0 Å². The van der Waals surface area contributed by atoms with Gasteiger partial charge in [-0.25, -0.2) is 13.2 Å². The van der Waals surface area contributed by atoms with Crippen LogP contribution in [0.2, 0.25) is 0 Å². The average molecular weight is 507 g/mol. The maximum absolute atomic E-state index is 14.4. The quantitative estimate of drug-likeness (QED) is 0.415. The molecular formula is C18H17F3IN3O3. The van der Waals surface area contributed by atoms with Crippen LogP contribution < -0.4 is 10.8 Å². The van der Waals surface area contributed by atoms with E-state index in [1.165, 1.54) is 24.1 Å². The largest absolute Gasteiger partial charge is 0.385 e. The number of hydrogen-bond donors (Lipinski definition) is 3. The molecule has 0 bridgehead atoms. The molecule has 1 fully saturated rings. The number of nitrogens with zero attached hydrogens (tertiary/aromatic N) is 1. The third-order valence-electron chi connectivity index (χ3n) is 4.32. The van der Waals surface area contributed by atoms with Gasteiger partial charge in [-0.05, 0) is 52.9 Å². The molecule has 28 heavy (non-hydrogen) atoms. The first-order chi connectivity index (χ1) is 13.2. The molecule has 0 aromatic heterocycles. The van der Waals surface area contributed by atoms with Crippen LogP contribution in [0.1, 0.15) is 10.4 Å². The van der Waals surface area contributed by atoms with Gasteiger partial charge in [0, 0.05) is 3.57 Å². The van der Waals surface area contributed by atoms with Crippen molar-refractivity contribution in [1.29, 1.82) is 0 Å². The SMILES string of the molecule is CONCC1(O)CN(C(=O)c2ccc(F)c(F)c2Nc2ccc(I)cc2F)C1. The lowest BCUT2D eigenvalue weighted by Gasteiger charge is -2.46.